The van der Waals surface area contributed by atoms with Gasteiger partial charge in [-0.3, -0.25) is 5.32 Å². The molecular weight excluding hydrogens is 278 g/mol. The molecule has 1 aromatic carbocycles. The number of carbonyl (C=O) groups excluding carboxylic acids is 1. The highest BCUT2D eigenvalue weighted by Gasteiger charge is 2.33. The van der Waals surface area contributed by atoms with Gasteiger partial charge in [-0.15, -0.1) is 6.42 Å². The van der Waals surface area contributed by atoms with Crippen LogP contribution in [-0.4, -0.2) is 19.6 Å². The lowest BCUT2D eigenvalue weighted by Gasteiger charge is -2.17. The average molecular weight is 289 g/mol. The van der Waals surface area contributed by atoms with Crippen molar-refractivity contribution in [1.29, 1.82) is 0 Å². The van der Waals surface area contributed by atoms with Crippen molar-refractivity contribution in [3.8, 4) is 12.3 Å². The molecule has 1 N–H and O–H groups in total. The van der Waals surface area contributed by atoms with Crippen LogP contribution in [0.4, 0.5) is 17.6 Å². The van der Waals surface area contributed by atoms with E-state index in [1.54, 1.807) is 0 Å². The van der Waals surface area contributed by atoms with Crippen LogP contribution in [-0.2, 0) is 15.7 Å². The molecule has 1 rings (SSSR count). The Morgan fingerprint density at radius 1 is 1.45 bits per heavy atom. The largest absolute Gasteiger partial charge is 0.468 e. The Morgan fingerprint density at radius 3 is 2.60 bits per heavy atom. The van der Waals surface area contributed by atoms with Crippen molar-refractivity contribution in [3.05, 3.63) is 35.1 Å². The Hall–Kier alpha value is -2.07. The topological polar surface area (TPSA) is 38.3 Å². The Labute approximate surface area is 112 Å². The Bertz CT molecular complexity index is 534. The van der Waals surface area contributed by atoms with E-state index in [-0.39, 0.29) is 12.1 Å². The summed E-state index contributed by atoms with van der Waals surface area (Å²) in [4.78, 5) is 11.5. The van der Waals surface area contributed by atoms with Crippen LogP contribution in [0.3, 0.4) is 0 Å². The van der Waals surface area contributed by atoms with Crippen LogP contribution >= 0.6 is 0 Å². The quantitative estimate of drug-likeness (QED) is 0.525. The second-order valence-electron chi connectivity index (χ2n) is 3.81. The van der Waals surface area contributed by atoms with E-state index < -0.39 is 29.6 Å². The normalized spacial score (nSPS) is 12.6. The summed E-state index contributed by atoms with van der Waals surface area (Å²) in [6.45, 7) is -0.0857. The van der Waals surface area contributed by atoms with E-state index >= 15 is 0 Å². The maximum absolute atomic E-state index is 13.3. The molecule has 0 aliphatic rings. The van der Waals surface area contributed by atoms with Gasteiger partial charge in [-0.2, -0.15) is 13.2 Å². The molecule has 20 heavy (non-hydrogen) atoms. The lowest BCUT2D eigenvalue weighted by molar-refractivity contribution is -0.143. The Kier molecular flexibility index (Phi) is 5.11. The minimum atomic E-state index is -4.72. The molecule has 1 unspecified atom stereocenters. The lowest BCUT2D eigenvalue weighted by atomic mass is 10.0. The zero-order valence-corrected chi connectivity index (χ0v) is 10.4. The number of hydrogen-bond acceptors (Lipinski definition) is 3. The number of terminal acetylenes is 1. The molecule has 1 aromatic rings. The second-order valence-corrected chi connectivity index (χ2v) is 3.81. The van der Waals surface area contributed by atoms with Gasteiger partial charge < -0.3 is 4.74 Å². The smallest absolute Gasteiger partial charge is 0.416 e. The maximum atomic E-state index is 13.3. The maximum Gasteiger partial charge on any atom is 0.416 e. The van der Waals surface area contributed by atoms with Gasteiger partial charge in [0.25, 0.3) is 0 Å². The van der Waals surface area contributed by atoms with Crippen LogP contribution in [0.1, 0.15) is 17.2 Å². The summed E-state index contributed by atoms with van der Waals surface area (Å²) in [5.74, 6) is 0.204. The third-order valence-electron chi connectivity index (χ3n) is 2.43. The van der Waals surface area contributed by atoms with Gasteiger partial charge in [0.1, 0.15) is 11.9 Å². The number of benzene rings is 1. The van der Waals surface area contributed by atoms with Crippen molar-refractivity contribution in [3.63, 3.8) is 0 Å². The summed E-state index contributed by atoms with van der Waals surface area (Å²) < 4.78 is 55.6. The fourth-order valence-electron chi connectivity index (χ4n) is 1.56. The SMILES string of the molecule is C#CCNC(C(=O)OC)c1cc(F)cc(C(F)(F)F)c1. The minimum absolute atomic E-state index is 0.0857. The highest BCUT2D eigenvalue weighted by molar-refractivity contribution is 5.77. The van der Waals surface area contributed by atoms with Gasteiger partial charge in [0.05, 0.1) is 19.2 Å². The average Bonchev–Trinajstić information content (AvgIpc) is 2.37. The first-order chi connectivity index (χ1) is 9.29. The number of ether oxygens (including phenoxy) is 1. The molecule has 0 spiro atoms. The third-order valence-corrected chi connectivity index (χ3v) is 2.43. The van der Waals surface area contributed by atoms with Crippen LogP contribution < -0.4 is 5.32 Å². The third kappa shape index (κ3) is 3.96. The van der Waals surface area contributed by atoms with Crippen LogP contribution in [0, 0.1) is 18.2 Å². The number of methoxy groups -OCH3 is 1. The van der Waals surface area contributed by atoms with E-state index in [0.717, 1.165) is 13.2 Å². The zero-order chi connectivity index (χ0) is 15.3. The first-order valence-corrected chi connectivity index (χ1v) is 5.42. The van der Waals surface area contributed by atoms with Crippen molar-refractivity contribution in [2.75, 3.05) is 13.7 Å². The number of carbonyl (C=O) groups is 1. The molecule has 0 heterocycles. The Morgan fingerprint density at radius 2 is 2.10 bits per heavy atom. The van der Waals surface area contributed by atoms with Crippen molar-refractivity contribution in [2.24, 2.45) is 0 Å². The van der Waals surface area contributed by atoms with E-state index in [1.165, 1.54) is 0 Å². The summed E-state index contributed by atoms with van der Waals surface area (Å²) >= 11 is 0. The number of alkyl halides is 3. The minimum Gasteiger partial charge on any atom is -0.468 e. The van der Waals surface area contributed by atoms with Gasteiger partial charge in [0.15, 0.2) is 0 Å². The molecule has 7 heteroatoms. The standard InChI is InChI=1S/C13H11F4NO2/c1-3-4-18-11(12(19)20-2)8-5-9(13(15,16)17)7-10(14)6-8/h1,5-7,11,18H,4H2,2H3. The predicted molar refractivity (Wildman–Crippen MR) is 63.0 cm³/mol. The number of rotatable bonds is 4. The predicted octanol–water partition coefficient (Wildman–Crippen LogP) is 2.28. The molecule has 0 amide bonds. The number of nitrogens with one attached hydrogen (secondary N) is 1. The molecular formula is C13H11F4NO2. The van der Waals surface area contributed by atoms with E-state index in [9.17, 15) is 22.4 Å². The fourth-order valence-corrected chi connectivity index (χ4v) is 1.56. The lowest BCUT2D eigenvalue weighted by Crippen LogP contribution is -2.30. The van der Waals surface area contributed by atoms with Gasteiger partial charge >= 0.3 is 12.1 Å². The van der Waals surface area contributed by atoms with Crippen LogP contribution in [0.5, 0.6) is 0 Å². The number of halogens is 4. The van der Waals surface area contributed by atoms with E-state index in [0.29, 0.717) is 12.1 Å². The van der Waals surface area contributed by atoms with Crippen molar-refractivity contribution >= 4 is 5.97 Å². The first-order valence-electron chi connectivity index (χ1n) is 5.42. The summed E-state index contributed by atoms with van der Waals surface area (Å²) in [5, 5.41) is 2.50. The molecule has 108 valence electrons. The van der Waals surface area contributed by atoms with Gasteiger partial charge in [-0.25, -0.2) is 9.18 Å². The molecule has 0 aromatic heterocycles. The van der Waals surface area contributed by atoms with Crippen LogP contribution in [0.2, 0.25) is 0 Å². The summed E-state index contributed by atoms with van der Waals surface area (Å²) in [6.07, 6.45) is 0.288. The zero-order valence-electron chi connectivity index (χ0n) is 10.4. The van der Waals surface area contributed by atoms with E-state index in [2.05, 4.69) is 16.0 Å². The second kappa shape index (κ2) is 6.39. The first kappa shape index (κ1) is 16.0. The van der Waals surface area contributed by atoms with Crippen LogP contribution in [0.25, 0.3) is 0 Å². The molecule has 0 aliphatic carbocycles. The van der Waals surface area contributed by atoms with Crippen LogP contribution in [0.15, 0.2) is 18.2 Å². The molecule has 0 radical (unpaired) electrons. The molecule has 1 atom stereocenters. The highest BCUT2D eigenvalue weighted by atomic mass is 19.4. The molecule has 0 bridgehead atoms. The number of hydrogen-bond donors (Lipinski definition) is 1. The van der Waals surface area contributed by atoms with Crippen molar-refractivity contribution in [2.45, 2.75) is 12.2 Å². The molecule has 0 saturated heterocycles. The van der Waals surface area contributed by atoms with E-state index in [1.807, 2.05) is 0 Å². The summed E-state index contributed by atoms with van der Waals surface area (Å²) in [5.41, 5.74) is -1.40. The van der Waals surface area contributed by atoms with E-state index in [4.69, 9.17) is 6.42 Å². The molecule has 0 aliphatic heterocycles. The molecule has 0 fully saturated rings. The van der Waals surface area contributed by atoms with Crippen molar-refractivity contribution < 1.29 is 27.1 Å². The van der Waals surface area contributed by atoms with Gasteiger partial charge in [0.2, 0.25) is 0 Å². The number of esters is 1. The molecule has 0 saturated carbocycles. The monoisotopic (exact) mass is 289 g/mol. The van der Waals surface area contributed by atoms with Crippen molar-refractivity contribution in [1.82, 2.24) is 5.32 Å². The van der Waals surface area contributed by atoms with Gasteiger partial charge in [-0.05, 0) is 23.8 Å². The molecule has 3 nitrogen and oxygen atoms in total. The fraction of sp³-hybridized carbons (Fsp3) is 0.308. The van der Waals surface area contributed by atoms with Gasteiger partial charge in [-0.1, -0.05) is 5.92 Å². The van der Waals surface area contributed by atoms with Gasteiger partial charge in [0, 0.05) is 0 Å². The summed E-state index contributed by atoms with van der Waals surface area (Å²) in [6, 6.07) is 0.570. The highest BCUT2D eigenvalue weighted by Crippen LogP contribution is 2.31. The summed E-state index contributed by atoms with van der Waals surface area (Å²) in [7, 11) is 1.07. The Balaban J connectivity index is 3.23.